The Kier molecular flexibility index (Phi) is 3.76. The highest BCUT2D eigenvalue weighted by Crippen LogP contribution is 2.40. The SMILES string of the molecule is COc1ccc2[nH]c(C)c(C(=O)OCC34CCN(CC3)CC4)c2c1. The summed E-state index contributed by atoms with van der Waals surface area (Å²) in [6, 6.07) is 5.72. The second-order valence-corrected chi connectivity index (χ2v) is 7.20. The molecule has 1 aromatic heterocycles. The van der Waals surface area contributed by atoms with Gasteiger partial charge in [-0.25, -0.2) is 4.79 Å². The third kappa shape index (κ3) is 2.57. The van der Waals surface area contributed by atoms with Gasteiger partial charge in [0.15, 0.2) is 0 Å². The van der Waals surface area contributed by atoms with Crippen LogP contribution >= 0.6 is 0 Å². The number of fused-ring (bicyclic) bond motifs is 4. The van der Waals surface area contributed by atoms with Gasteiger partial charge in [-0.05, 0) is 64.0 Å². The number of nitrogens with zero attached hydrogens (tertiary/aromatic N) is 1. The highest BCUT2D eigenvalue weighted by molar-refractivity contribution is 6.05. The lowest BCUT2D eigenvalue weighted by Crippen LogP contribution is -2.50. The van der Waals surface area contributed by atoms with Gasteiger partial charge in [0.1, 0.15) is 5.75 Å². The number of piperidine rings is 3. The van der Waals surface area contributed by atoms with Crippen LogP contribution in [0.25, 0.3) is 10.9 Å². The summed E-state index contributed by atoms with van der Waals surface area (Å²) in [5.41, 5.74) is 2.61. The molecule has 3 aliphatic rings. The number of aromatic amines is 1. The topological polar surface area (TPSA) is 54.6 Å². The summed E-state index contributed by atoms with van der Waals surface area (Å²) in [5, 5.41) is 0.868. The molecule has 5 rings (SSSR count). The summed E-state index contributed by atoms with van der Waals surface area (Å²) in [4.78, 5) is 18.5. The van der Waals surface area contributed by atoms with E-state index < -0.39 is 0 Å². The van der Waals surface area contributed by atoms with Crippen LogP contribution in [0.15, 0.2) is 18.2 Å². The lowest BCUT2D eigenvalue weighted by Gasteiger charge is -2.47. The van der Waals surface area contributed by atoms with E-state index in [4.69, 9.17) is 9.47 Å². The van der Waals surface area contributed by atoms with E-state index in [2.05, 4.69) is 9.88 Å². The van der Waals surface area contributed by atoms with E-state index in [0.717, 1.165) is 61.2 Å². The molecule has 3 aliphatic heterocycles. The van der Waals surface area contributed by atoms with Crippen LogP contribution in [-0.2, 0) is 4.74 Å². The van der Waals surface area contributed by atoms with Crippen molar-refractivity contribution in [2.75, 3.05) is 33.4 Å². The monoisotopic (exact) mass is 328 g/mol. The van der Waals surface area contributed by atoms with E-state index in [1.807, 2.05) is 25.1 Å². The average Bonchev–Trinajstić information content (AvgIpc) is 2.96. The molecule has 128 valence electrons. The third-order valence-electron chi connectivity index (χ3n) is 5.78. The van der Waals surface area contributed by atoms with Crippen molar-refractivity contribution in [2.24, 2.45) is 5.41 Å². The number of carbonyl (C=O) groups excluding carboxylic acids is 1. The van der Waals surface area contributed by atoms with Crippen molar-refractivity contribution >= 4 is 16.9 Å². The largest absolute Gasteiger partial charge is 0.497 e. The molecular formula is C19H24N2O3. The van der Waals surface area contributed by atoms with Crippen molar-refractivity contribution < 1.29 is 14.3 Å². The van der Waals surface area contributed by atoms with Gasteiger partial charge in [0, 0.05) is 22.0 Å². The van der Waals surface area contributed by atoms with Crippen LogP contribution in [-0.4, -0.2) is 49.2 Å². The number of ether oxygens (including phenoxy) is 2. The summed E-state index contributed by atoms with van der Waals surface area (Å²) in [6.45, 7) is 5.87. The molecule has 0 unspecified atom stereocenters. The summed E-state index contributed by atoms with van der Waals surface area (Å²) >= 11 is 0. The van der Waals surface area contributed by atoms with Crippen LogP contribution in [0.1, 0.15) is 35.3 Å². The zero-order valence-corrected chi connectivity index (χ0v) is 14.4. The van der Waals surface area contributed by atoms with Crippen LogP contribution in [0.3, 0.4) is 0 Å². The van der Waals surface area contributed by atoms with E-state index in [-0.39, 0.29) is 11.4 Å². The molecule has 3 saturated heterocycles. The van der Waals surface area contributed by atoms with Gasteiger partial charge in [0.25, 0.3) is 0 Å². The Labute approximate surface area is 141 Å². The van der Waals surface area contributed by atoms with Gasteiger partial charge in [-0.15, -0.1) is 0 Å². The molecule has 1 N–H and O–H groups in total. The normalized spacial score (nSPS) is 25.8. The minimum Gasteiger partial charge on any atom is -0.497 e. The predicted molar refractivity (Wildman–Crippen MR) is 92.6 cm³/mol. The van der Waals surface area contributed by atoms with E-state index >= 15 is 0 Å². The Morgan fingerprint density at radius 2 is 1.96 bits per heavy atom. The average molecular weight is 328 g/mol. The smallest absolute Gasteiger partial charge is 0.340 e. The Morgan fingerprint density at radius 1 is 1.25 bits per heavy atom. The molecule has 3 fully saturated rings. The summed E-state index contributed by atoms with van der Waals surface area (Å²) < 4.78 is 11.1. The second kappa shape index (κ2) is 5.81. The third-order valence-corrected chi connectivity index (χ3v) is 5.78. The fourth-order valence-electron chi connectivity index (χ4n) is 4.10. The number of aromatic nitrogens is 1. The van der Waals surface area contributed by atoms with Gasteiger partial charge in [0.05, 0.1) is 19.3 Å². The Bertz CT molecular complexity index is 758. The molecule has 2 bridgehead atoms. The van der Waals surface area contributed by atoms with Gasteiger partial charge in [0.2, 0.25) is 0 Å². The predicted octanol–water partition coefficient (Wildman–Crippen LogP) is 3.13. The number of hydrogen-bond acceptors (Lipinski definition) is 4. The van der Waals surface area contributed by atoms with Crippen molar-refractivity contribution in [3.05, 3.63) is 29.5 Å². The molecule has 5 heteroatoms. The molecular weight excluding hydrogens is 304 g/mol. The van der Waals surface area contributed by atoms with Gasteiger partial charge in [-0.3, -0.25) is 0 Å². The van der Waals surface area contributed by atoms with Crippen molar-refractivity contribution in [3.63, 3.8) is 0 Å². The lowest BCUT2D eigenvalue weighted by atomic mass is 9.73. The summed E-state index contributed by atoms with van der Waals surface area (Å²) in [5.74, 6) is 0.517. The minimum atomic E-state index is -0.227. The zero-order valence-electron chi connectivity index (χ0n) is 14.4. The van der Waals surface area contributed by atoms with E-state index in [0.29, 0.717) is 12.2 Å². The molecule has 5 nitrogen and oxygen atoms in total. The van der Waals surface area contributed by atoms with Crippen molar-refractivity contribution in [1.82, 2.24) is 9.88 Å². The standard InChI is InChI=1S/C19H24N2O3/c1-13-17(15-11-14(23-2)3-4-16(15)20-13)18(22)24-12-19-5-8-21(9-6-19)10-7-19/h3-4,11,20H,5-10,12H2,1-2H3. The number of hydrogen-bond donors (Lipinski definition) is 1. The molecule has 0 spiro atoms. The number of carbonyl (C=O) groups is 1. The molecule has 4 heterocycles. The maximum Gasteiger partial charge on any atom is 0.340 e. The quantitative estimate of drug-likeness (QED) is 0.876. The number of esters is 1. The second-order valence-electron chi connectivity index (χ2n) is 7.20. The maximum atomic E-state index is 12.8. The number of H-pyrrole nitrogens is 1. The first-order valence-corrected chi connectivity index (χ1v) is 8.66. The highest BCUT2D eigenvalue weighted by Gasteiger charge is 2.40. The van der Waals surface area contributed by atoms with Gasteiger partial charge < -0.3 is 19.4 Å². The molecule has 0 aliphatic carbocycles. The van der Waals surface area contributed by atoms with Crippen molar-refractivity contribution in [2.45, 2.75) is 26.2 Å². The molecule has 0 saturated carbocycles. The Balaban J connectivity index is 1.56. The molecule has 2 aromatic rings. The number of benzene rings is 1. The highest BCUT2D eigenvalue weighted by atomic mass is 16.5. The number of methoxy groups -OCH3 is 1. The van der Waals surface area contributed by atoms with E-state index in [1.165, 1.54) is 0 Å². The van der Waals surface area contributed by atoms with Crippen molar-refractivity contribution in [3.8, 4) is 5.75 Å². The first-order chi connectivity index (χ1) is 11.6. The summed E-state index contributed by atoms with van der Waals surface area (Å²) in [6.07, 6.45) is 3.42. The minimum absolute atomic E-state index is 0.197. The van der Waals surface area contributed by atoms with Crippen LogP contribution in [0, 0.1) is 12.3 Å². The van der Waals surface area contributed by atoms with E-state index in [1.54, 1.807) is 7.11 Å². The number of rotatable bonds is 4. The lowest BCUT2D eigenvalue weighted by molar-refractivity contribution is -0.0305. The zero-order chi connectivity index (χ0) is 16.7. The molecule has 0 atom stereocenters. The first-order valence-electron chi connectivity index (χ1n) is 8.66. The van der Waals surface area contributed by atoms with Crippen LogP contribution in [0.2, 0.25) is 0 Å². The Hall–Kier alpha value is -2.01. The first kappa shape index (κ1) is 15.5. The summed E-state index contributed by atoms with van der Waals surface area (Å²) in [7, 11) is 1.63. The molecule has 0 amide bonds. The number of nitrogens with one attached hydrogen (secondary N) is 1. The maximum absolute atomic E-state index is 12.8. The molecule has 1 aromatic carbocycles. The van der Waals surface area contributed by atoms with Gasteiger partial charge >= 0.3 is 5.97 Å². The van der Waals surface area contributed by atoms with Gasteiger partial charge in [-0.2, -0.15) is 0 Å². The van der Waals surface area contributed by atoms with Crippen LogP contribution in [0.4, 0.5) is 0 Å². The van der Waals surface area contributed by atoms with Gasteiger partial charge in [-0.1, -0.05) is 0 Å². The fraction of sp³-hybridized carbons (Fsp3) is 0.526. The van der Waals surface area contributed by atoms with Crippen LogP contribution < -0.4 is 4.74 Å². The fourth-order valence-corrected chi connectivity index (χ4v) is 4.10. The van der Waals surface area contributed by atoms with E-state index in [9.17, 15) is 4.79 Å². The Morgan fingerprint density at radius 3 is 2.62 bits per heavy atom. The molecule has 0 radical (unpaired) electrons. The van der Waals surface area contributed by atoms with Crippen molar-refractivity contribution in [1.29, 1.82) is 0 Å². The van der Waals surface area contributed by atoms with Crippen LogP contribution in [0.5, 0.6) is 5.75 Å². The molecule has 24 heavy (non-hydrogen) atoms. The number of aryl methyl sites for hydroxylation is 1.